The summed E-state index contributed by atoms with van der Waals surface area (Å²) in [6.07, 6.45) is 8.36. The van der Waals surface area contributed by atoms with E-state index in [4.69, 9.17) is 4.74 Å². The highest BCUT2D eigenvalue weighted by molar-refractivity contribution is 5.90. The van der Waals surface area contributed by atoms with Crippen molar-refractivity contribution in [3.05, 3.63) is 66.0 Å². The molecule has 0 radical (unpaired) electrons. The molecule has 2 saturated carbocycles. The number of aliphatic hydroxyl groups is 1. The predicted octanol–water partition coefficient (Wildman–Crippen LogP) is 4.43. The van der Waals surface area contributed by atoms with E-state index >= 15 is 0 Å². The number of aliphatic hydroxyl groups excluding tert-OH is 1. The first kappa shape index (κ1) is 27.7. The van der Waals surface area contributed by atoms with Gasteiger partial charge in [-0.3, -0.25) is 9.78 Å². The normalized spacial score (nSPS) is 23.3. The van der Waals surface area contributed by atoms with E-state index in [2.05, 4.69) is 15.6 Å². The van der Waals surface area contributed by atoms with Crippen LogP contribution in [-0.4, -0.2) is 46.4 Å². The Morgan fingerprint density at radius 2 is 1.89 bits per heavy atom. The Bertz CT molecular complexity index is 971. The van der Waals surface area contributed by atoms with E-state index in [-0.39, 0.29) is 32.5 Å². The Labute approximate surface area is 215 Å². The van der Waals surface area contributed by atoms with Crippen LogP contribution in [0.3, 0.4) is 0 Å². The van der Waals surface area contributed by atoms with E-state index in [0.29, 0.717) is 18.0 Å². The molecule has 0 aliphatic heterocycles. The van der Waals surface area contributed by atoms with Gasteiger partial charge < -0.3 is 20.5 Å². The van der Waals surface area contributed by atoms with Gasteiger partial charge in [-0.1, -0.05) is 56.7 Å². The molecule has 0 saturated heterocycles. The van der Waals surface area contributed by atoms with E-state index in [1.54, 1.807) is 13.1 Å². The number of aromatic nitrogens is 1. The number of hydrogen-bond donors (Lipinski definition) is 3. The summed E-state index contributed by atoms with van der Waals surface area (Å²) < 4.78 is 5.89. The van der Waals surface area contributed by atoms with Crippen molar-refractivity contribution in [1.29, 1.82) is 0 Å². The number of nitrogens with zero attached hydrogens (tertiary/aromatic N) is 1. The van der Waals surface area contributed by atoms with Crippen LogP contribution in [0.15, 0.2) is 54.7 Å². The maximum Gasteiger partial charge on any atom is 0.408 e. The zero-order valence-corrected chi connectivity index (χ0v) is 20.5. The van der Waals surface area contributed by atoms with Gasteiger partial charge in [-0.15, -0.1) is 0 Å². The summed E-state index contributed by atoms with van der Waals surface area (Å²) in [5, 5.41) is 15.7. The summed E-state index contributed by atoms with van der Waals surface area (Å²) in [5.74, 6) is 0.794. The van der Waals surface area contributed by atoms with Crippen molar-refractivity contribution in [3.8, 4) is 0 Å². The molecule has 2 fully saturated rings. The molecule has 2 aliphatic carbocycles. The number of carbonyl (C=O) groups is 2. The number of alkyl carbamates (subject to hydrolysis) is 1. The van der Waals surface area contributed by atoms with Crippen molar-refractivity contribution in [2.24, 2.45) is 11.8 Å². The zero-order valence-electron chi connectivity index (χ0n) is 20.5. The van der Waals surface area contributed by atoms with Crippen LogP contribution >= 0.6 is 0 Å². The maximum absolute atomic E-state index is 13.5. The number of fused-ring (bicyclic) bond motifs is 2. The second-order valence-corrected chi connectivity index (χ2v) is 10.3. The lowest BCUT2D eigenvalue weighted by Crippen LogP contribution is -2.61. The van der Waals surface area contributed by atoms with Gasteiger partial charge in [0.1, 0.15) is 11.6 Å². The Morgan fingerprint density at radius 3 is 2.61 bits per heavy atom. The summed E-state index contributed by atoms with van der Waals surface area (Å²) in [4.78, 5) is 30.9. The molecule has 5 atom stereocenters. The Kier molecular flexibility index (Phi) is 9.88. The fourth-order valence-corrected chi connectivity index (χ4v) is 5.57. The molecule has 4 rings (SSSR count). The minimum Gasteiger partial charge on any atom is -0.446 e. The average molecular weight is 496 g/mol. The van der Waals surface area contributed by atoms with Crippen molar-refractivity contribution in [2.75, 3.05) is 6.61 Å². The first-order valence-electron chi connectivity index (χ1n) is 12.8. The number of benzene rings is 1. The van der Waals surface area contributed by atoms with Gasteiger partial charge in [0.25, 0.3) is 0 Å². The molecule has 7 nitrogen and oxygen atoms in total. The van der Waals surface area contributed by atoms with Gasteiger partial charge in [0.05, 0.1) is 12.6 Å². The predicted molar refractivity (Wildman–Crippen MR) is 140 cm³/mol. The SMILES string of the molecule is C.CC(Cc1ccccn1)(NC(=O)OC1CCC2CCCC1C2)C(=O)NC(CO)Cc1ccccc1. The highest BCUT2D eigenvalue weighted by Crippen LogP contribution is 2.41. The van der Waals surface area contributed by atoms with Gasteiger partial charge >= 0.3 is 6.09 Å². The molecule has 196 valence electrons. The monoisotopic (exact) mass is 495 g/mol. The Hall–Kier alpha value is -2.93. The fraction of sp³-hybridized carbons (Fsp3) is 0.552. The molecule has 5 unspecified atom stereocenters. The van der Waals surface area contributed by atoms with Crippen molar-refractivity contribution in [1.82, 2.24) is 15.6 Å². The Morgan fingerprint density at radius 1 is 1.11 bits per heavy atom. The third-order valence-corrected chi connectivity index (χ3v) is 7.49. The maximum atomic E-state index is 13.5. The van der Waals surface area contributed by atoms with Crippen molar-refractivity contribution < 1.29 is 19.4 Å². The molecule has 0 spiro atoms. The topological polar surface area (TPSA) is 101 Å². The summed E-state index contributed by atoms with van der Waals surface area (Å²) in [5.41, 5.74) is 0.398. The lowest BCUT2D eigenvalue weighted by molar-refractivity contribution is -0.128. The standard InChI is InChI=1S/C28H37N3O4.CH4/c1-28(18-23-12-5-6-15-29-23,26(33)30-24(19-32)17-20-8-3-2-4-9-20)31-27(34)35-25-14-13-21-10-7-11-22(25)16-21;/h2-6,8-9,12,15,21-22,24-25,32H,7,10-11,13-14,16-19H2,1H3,(H,30,33)(H,31,34);1H4. The van der Waals surface area contributed by atoms with Crippen LogP contribution in [0.25, 0.3) is 0 Å². The molecule has 2 amide bonds. The van der Waals surface area contributed by atoms with Gasteiger partial charge in [-0.05, 0) is 68.6 Å². The third kappa shape index (κ3) is 7.29. The van der Waals surface area contributed by atoms with Crippen LogP contribution in [0, 0.1) is 11.8 Å². The van der Waals surface area contributed by atoms with Crippen LogP contribution in [0.1, 0.15) is 64.1 Å². The van der Waals surface area contributed by atoms with Gasteiger partial charge in [0.15, 0.2) is 0 Å². The minimum absolute atomic E-state index is 0. The largest absolute Gasteiger partial charge is 0.446 e. The zero-order chi connectivity index (χ0) is 24.7. The average Bonchev–Trinajstić information content (AvgIpc) is 2.86. The molecule has 1 aromatic heterocycles. The fourth-order valence-electron chi connectivity index (χ4n) is 5.57. The van der Waals surface area contributed by atoms with E-state index in [1.165, 1.54) is 12.8 Å². The van der Waals surface area contributed by atoms with E-state index in [0.717, 1.165) is 37.2 Å². The first-order chi connectivity index (χ1) is 16.9. The number of hydrogen-bond acceptors (Lipinski definition) is 5. The molecule has 7 heteroatoms. The second-order valence-electron chi connectivity index (χ2n) is 10.3. The summed E-state index contributed by atoms with van der Waals surface area (Å²) >= 11 is 0. The lowest BCUT2D eigenvalue weighted by atomic mass is 9.71. The molecular weight excluding hydrogens is 454 g/mol. The molecule has 36 heavy (non-hydrogen) atoms. The number of nitrogens with one attached hydrogen (secondary N) is 2. The number of pyridine rings is 1. The molecule has 1 heterocycles. The molecule has 2 bridgehead atoms. The van der Waals surface area contributed by atoms with E-state index < -0.39 is 17.7 Å². The highest BCUT2D eigenvalue weighted by Gasteiger charge is 2.40. The molecular formula is C29H41N3O4. The molecule has 1 aromatic carbocycles. The van der Waals surface area contributed by atoms with Crippen LogP contribution < -0.4 is 10.6 Å². The molecule has 3 N–H and O–H groups in total. The summed E-state index contributed by atoms with van der Waals surface area (Å²) in [6, 6.07) is 14.7. The number of ether oxygens (including phenoxy) is 1. The number of rotatable bonds is 9. The van der Waals surface area contributed by atoms with Gasteiger partial charge in [0.2, 0.25) is 5.91 Å². The molecule has 2 aliphatic rings. The number of amides is 2. The van der Waals surface area contributed by atoms with Crippen LogP contribution in [0.2, 0.25) is 0 Å². The summed E-state index contributed by atoms with van der Waals surface area (Å²) in [7, 11) is 0. The summed E-state index contributed by atoms with van der Waals surface area (Å²) in [6.45, 7) is 1.47. The van der Waals surface area contributed by atoms with Crippen molar-refractivity contribution in [2.45, 2.75) is 83.4 Å². The van der Waals surface area contributed by atoms with Gasteiger partial charge in [-0.2, -0.15) is 0 Å². The van der Waals surface area contributed by atoms with Crippen LogP contribution in [-0.2, 0) is 22.4 Å². The lowest BCUT2D eigenvalue weighted by Gasteiger charge is -2.40. The van der Waals surface area contributed by atoms with Crippen molar-refractivity contribution >= 4 is 12.0 Å². The molecule has 2 aromatic rings. The quantitative estimate of drug-likeness (QED) is 0.478. The second kappa shape index (κ2) is 12.9. The van der Waals surface area contributed by atoms with Crippen LogP contribution in [0.5, 0.6) is 0 Å². The highest BCUT2D eigenvalue weighted by atomic mass is 16.6. The third-order valence-electron chi connectivity index (χ3n) is 7.49. The Balaban J connectivity index is 0.00000361. The van der Waals surface area contributed by atoms with Crippen molar-refractivity contribution in [3.63, 3.8) is 0 Å². The first-order valence-corrected chi connectivity index (χ1v) is 12.8. The van der Waals surface area contributed by atoms with E-state index in [9.17, 15) is 14.7 Å². The number of carbonyl (C=O) groups excluding carboxylic acids is 2. The van der Waals surface area contributed by atoms with Gasteiger partial charge in [0, 0.05) is 18.3 Å². The smallest absolute Gasteiger partial charge is 0.408 e. The minimum atomic E-state index is -1.29. The van der Waals surface area contributed by atoms with Gasteiger partial charge in [-0.25, -0.2) is 4.79 Å². The van der Waals surface area contributed by atoms with Crippen LogP contribution in [0.4, 0.5) is 4.79 Å². The van der Waals surface area contributed by atoms with E-state index in [1.807, 2.05) is 48.5 Å².